The molecule has 0 spiro atoms. The lowest BCUT2D eigenvalue weighted by atomic mass is 9.95. The Morgan fingerprint density at radius 2 is 2.00 bits per heavy atom. The summed E-state index contributed by atoms with van der Waals surface area (Å²) in [5, 5.41) is 9.12. The number of hydrogen-bond donors (Lipinski definition) is 0. The Morgan fingerprint density at radius 3 is 2.65 bits per heavy atom. The molecule has 0 fully saturated rings. The van der Waals surface area contributed by atoms with E-state index in [1.165, 1.54) is 23.0 Å². The maximum absolute atomic E-state index is 13.7. The smallest absolute Gasteiger partial charge is 0.338 e. The lowest BCUT2D eigenvalue weighted by Crippen LogP contribution is -2.40. The van der Waals surface area contributed by atoms with Gasteiger partial charge < -0.3 is 14.2 Å². The maximum atomic E-state index is 13.7. The molecule has 8 nitrogen and oxygen atoms in total. The molecule has 10 heteroatoms. The summed E-state index contributed by atoms with van der Waals surface area (Å²) in [5.41, 5.74) is 2.01. The second-order valence-electron chi connectivity index (χ2n) is 7.91. The quantitative estimate of drug-likeness (QED) is 0.405. The summed E-state index contributed by atoms with van der Waals surface area (Å²) in [4.78, 5) is 31.8. The highest BCUT2D eigenvalue weighted by Crippen LogP contribution is 2.37. The fourth-order valence-electron chi connectivity index (χ4n) is 4.15. The summed E-state index contributed by atoms with van der Waals surface area (Å²) >= 11 is 7.66. The number of nitrogens with zero attached hydrogens (tertiary/aromatic N) is 3. The van der Waals surface area contributed by atoms with Gasteiger partial charge in [0.1, 0.15) is 6.07 Å². The van der Waals surface area contributed by atoms with Crippen molar-refractivity contribution in [3.8, 4) is 17.6 Å². The van der Waals surface area contributed by atoms with E-state index in [0.717, 1.165) is 5.56 Å². The molecule has 0 N–H and O–H groups in total. The van der Waals surface area contributed by atoms with Crippen LogP contribution in [-0.2, 0) is 9.53 Å². The number of rotatable bonds is 8. The monoisotopic (exact) mass is 537 g/mol. The molecule has 0 radical (unpaired) electrons. The van der Waals surface area contributed by atoms with Crippen molar-refractivity contribution in [3.63, 3.8) is 0 Å². The molecule has 1 atom stereocenters. The summed E-state index contributed by atoms with van der Waals surface area (Å²) in [5.74, 6) is 0.112. The van der Waals surface area contributed by atoms with Crippen LogP contribution < -0.4 is 24.4 Å². The van der Waals surface area contributed by atoms with Gasteiger partial charge in [0.05, 0.1) is 40.6 Å². The van der Waals surface area contributed by atoms with E-state index in [9.17, 15) is 9.59 Å². The Bertz CT molecular complexity index is 1580. The number of carbonyl (C=O) groups excluding carboxylic acids is 1. The SMILES string of the molecule is CCOc1cc(/C=c2\sc3n(c2=O)[C@H](c2ccccc2)C(C(=O)OC)=C(CC)N=3)cc(Cl)c1OCC#N. The molecule has 0 saturated heterocycles. The number of carbonyl (C=O) groups is 1. The van der Waals surface area contributed by atoms with E-state index >= 15 is 0 Å². The predicted molar refractivity (Wildman–Crippen MR) is 141 cm³/mol. The Morgan fingerprint density at radius 1 is 1.24 bits per heavy atom. The minimum Gasteiger partial charge on any atom is -0.490 e. The van der Waals surface area contributed by atoms with Crippen molar-refractivity contribution in [2.24, 2.45) is 4.99 Å². The molecule has 3 aromatic rings. The number of benzene rings is 2. The largest absolute Gasteiger partial charge is 0.490 e. The molecule has 1 aliphatic rings. The number of aromatic nitrogens is 1. The van der Waals surface area contributed by atoms with E-state index in [2.05, 4.69) is 4.99 Å². The number of allylic oxidation sites excluding steroid dienone is 1. The van der Waals surface area contributed by atoms with Crippen LogP contribution in [0.15, 0.2) is 63.5 Å². The second-order valence-corrected chi connectivity index (χ2v) is 9.32. The fraction of sp³-hybridized carbons (Fsp3) is 0.259. The lowest BCUT2D eigenvalue weighted by molar-refractivity contribution is -0.136. The van der Waals surface area contributed by atoms with Crippen LogP contribution >= 0.6 is 22.9 Å². The summed E-state index contributed by atoms with van der Waals surface area (Å²) in [7, 11) is 1.32. The maximum Gasteiger partial charge on any atom is 0.338 e. The first kappa shape index (κ1) is 26.2. The lowest BCUT2D eigenvalue weighted by Gasteiger charge is -2.25. The number of thiazole rings is 1. The third kappa shape index (κ3) is 5.17. The van der Waals surface area contributed by atoms with Crippen LogP contribution in [0.25, 0.3) is 6.08 Å². The van der Waals surface area contributed by atoms with E-state index < -0.39 is 12.0 Å². The molecule has 190 valence electrons. The van der Waals surface area contributed by atoms with Crippen molar-refractivity contribution in [3.05, 3.63) is 89.6 Å². The molecule has 2 heterocycles. The molecule has 0 saturated carbocycles. The number of halogens is 1. The standard InChI is InChI=1S/C27H24ClN3O5S/c1-4-19-22(26(33)34-3)23(17-9-7-6-8-10-17)31-25(32)21(37-27(31)30-19)15-16-13-18(28)24(36-12-11-29)20(14-16)35-5-2/h6-10,13-15,23H,4-5,12H2,1-3H3/b21-15-/t23-/m1/s1. The van der Waals surface area contributed by atoms with E-state index in [1.54, 1.807) is 18.2 Å². The minimum absolute atomic E-state index is 0.181. The van der Waals surface area contributed by atoms with Gasteiger partial charge in [0, 0.05) is 0 Å². The van der Waals surface area contributed by atoms with Gasteiger partial charge >= 0.3 is 5.97 Å². The van der Waals surface area contributed by atoms with Crippen LogP contribution in [0, 0.1) is 11.3 Å². The highest BCUT2D eigenvalue weighted by atomic mass is 35.5. The van der Waals surface area contributed by atoms with Gasteiger partial charge in [-0.2, -0.15) is 5.26 Å². The molecule has 0 amide bonds. The van der Waals surface area contributed by atoms with Gasteiger partial charge in [-0.25, -0.2) is 9.79 Å². The first-order chi connectivity index (χ1) is 17.9. The van der Waals surface area contributed by atoms with Gasteiger partial charge in [-0.3, -0.25) is 9.36 Å². The van der Waals surface area contributed by atoms with Gasteiger partial charge in [0.15, 0.2) is 22.9 Å². The van der Waals surface area contributed by atoms with Crippen LogP contribution in [0.4, 0.5) is 0 Å². The number of ether oxygens (including phenoxy) is 3. The molecule has 1 aliphatic heterocycles. The van der Waals surface area contributed by atoms with Gasteiger partial charge in [-0.15, -0.1) is 0 Å². The molecule has 4 rings (SSSR count). The number of methoxy groups -OCH3 is 1. The van der Waals surface area contributed by atoms with Gasteiger partial charge in [0.2, 0.25) is 0 Å². The van der Waals surface area contributed by atoms with Crippen molar-refractivity contribution >= 4 is 35.0 Å². The molecule has 2 aromatic carbocycles. The molecular weight excluding hydrogens is 514 g/mol. The van der Waals surface area contributed by atoms with E-state index in [4.69, 9.17) is 31.1 Å². The molecular formula is C27H24ClN3O5S. The zero-order valence-electron chi connectivity index (χ0n) is 20.5. The van der Waals surface area contributed by atoms with Crippen LogP contribution in [0.3, 0.4) is 0 Å². The van der Waals surface area contributed by atoms with Gasteiger partial charge in [-0.05, 0) is 42.7 Å². The summed E-state index contributed by atoms with van der Waals surface area (Å²) < 4.78 is 18.1. The first-order valence-electron chi connectivity index (χ1n) is 11.6. The summed E-state index contributed by atoms with van der Waals surface area (Å²) in [6, 6.07) is 13.9. The highest BCUT2D eigenvalue weighted by Gasteiger charge is 2.33. The van der Waals surface area contributed by atoms with Crippen molar-refractivity contribution in [1.82, 2.24) is 4.57 Å². The third-order valence-corrected chi connectivity index (χ3v) is 6.94. The van der Waals surface area contributed by atoms with Crippen LogP contribution in [0.1, 0.15) is 37.4 Å². The van der Waals surface area contributed by atoms with Crippen molar-refractivity contribution in [2.75, 3.05) is 20.3 Å². The number of esters is 1. The van der Waals surface area contributed by atoms with E-state index in [-0.39, 0.29) is 22.9 Å². The zero-order valence-corrected chi connectivity index (χ0v) is 22.1. The topological polar surface area (TPSA) is 103 Å². The number of fused-ring (bicyclic) bond motifs is 1. The number of hydrogen-bond acceptors (Lipinski definition) is 8. The molecule has 0 unspecified atom stereocenters. The minimum atomic E-state index is -0.675. The predicted octanol–water partition coefficient (Wildman–Crippen LogP) is 3.75. The van der Waals surface area contributed by atoms with E-state index in [1.807, 2.05) is 50.2 Å². The Labute approximate surface area is 222 Å². The van der Waals surface area contributed by atoms with Crippen molar-refractivity contribution in [1.29, 1.82) is 5.26 Å². The van der Waals surface area contributed by atoms with Gasteiger partial charge in [0.25, 0.3) is 5.56 Å². The molecule has 37 heavy (non-hydrogen) atoms. The molecule has 0 aliphatic carbocycles. The van der Waals surface area contributed by atoms with Crippen molar-refractivity contribution < 1.29 is 19.0 Å². The second kappa shape index (κ2) is 11.5. The molecule has 0 bridgehead atoms. The first-order valence-corrected chi connectivity index (χ1v) is 12.8. The normalized spacial score (nSPS) is 15.0. The van der Waals surface area contributed by atoms with Crippen LogP contribution in [-0.4, -0.2) is 30.9 Å². The Hall–Kier alpha value is -3.87. The number of nitriles is 1. The Kier molecular flexibility index (Phi) is 8.11. The third-order valence-electron chi connectivity index (χ3n) is 5.68. The van der Waals surface area contributed by atoms with E-state index in [0.29, 0.717) is 44.9 Å². The highest BCUT2D eigenvalue weighted by molar-refractivity contribution is 7.07. The zero-order chi connectivity index (χ0) is 26.5. The average molecular weight is 538 g/mol. The Balaban J connectivity index is 1.92. The molecule has 1 aromatic heterocycles. The summed E-state index contributed by atoms with van der Waals surface area (Å²) in [6.07, 6.45) is 2.19. The summed E-state index contributed by atoms with van der Waals surface area (Å²) in [6.45, 7) is 3.91. The average Bonchev–Trinajstić information content (AvgIpc) is 3.21. The van der Waals surface area contributed by atoms with Crippen LogP contribution in [0.5, 0.6) is 11.5 Å². The van der Waals surface area contributed by atoms with Gasteiger partial charge in [-0.1, -0.05) is 60.2 Å². The van der Waals surface area contributed by atoms with Crippen LogP contribution in [0.2, 0.25) is 5.02 Å². The fourth-order valence-corrected chi connectivity index (χ4v) is 5.44. The van der Waals surface area contributed by atoms with Crippen molar-refractivity contribution in [2.45, 2.75) is 26.3 Å².